The molecule has 11 heteroatoms. The van der Waals surface area contributed by atoms with Gasteiger partial charge in [0.1, 0.15) is 23.0 Å². The van der Waals surface area contributed by atoms with Crippen LogP contribution in [0.15, 0.2) is 23.1 Å². The van der Waals surface area contributed by atoms with E-state index in [0.717, 1.165) is 0 Å². The van der Waals surface area contributed by atoms with Crippen molar-refractivity contribution in [1.29, 1.82) is 0 Å². The quantitative estimate of drug-likeness (QED) is 0.763. The fourth-order valence-corrected chi connectivity index (χ4v) is 4.16. The Bertz CT molecular complexity index is 1140. The Balaban J connectivity index is 1.72. The molecule has 8 nitrogen and oxygen atoms in total. The van der Waals surface area contributed by atoms with Gasteiger partial charge in [-0.1, -0.05) is 0 Å². The van der Waals surface area contributed by atoms with Crippen LogP contribution in [-0.4, -0.2) is 54.7 Å². The van der Waals surface area contributed by atoms with Gasteiger partial charge in [0.15, 0.2) is 11.4 Å². The number of amides is 2. The highest BCUT2D eigenvalue weighted by Crippen LogP contribution is 2.34. The molecule has 2 aromatic rings. The summed E-state index contributed by atoms with van der Waals surface area (Å²) in [6.07, 6.45) is 1.80. The molecule has 1 fully saturated rings. The van der Waals surface area contributed by atoms with E-state index in [-0.39, 0.29) is 29.1 Å². The van der Waals surface area contributed by atoms with Gasteiger partial charge in [-0.15, -0.1) is 0 Å². The number of halogens is 3. The Morgan fingerprint density at radius 2 is 1.91 bits per heavy atom. The SMILES string of the molecule is COc1c2n(cc(C(=O)NCc3c(F)cc(F)cc3F)c1=O)[C@H]1CCOC[C@H]1N(C)C2=O. The smallest absolute Gasteiger partial charge is 0.274 e. The van der Waals surface area contributed by atoms with E-state index in [1.165, 1.54) is 18.2 Å². The number of rotatable bonds is 4. The molecule has 1 saturated heterocycles. The third-order valence-electron chi connectivity index (χ3n) is 5.84. The third-order valence-corrected chi connectivity index (χ3v) is 5.84. The summed E-state index contributed by atoms with van der Waals surface area (Å²) < 4.78 is 53.1. The normalized spacial score (nSPS) is 19.9. The van der Waals surface area contributed by atoms with Crippen LogP contribution in [-0.2, 0) is 11.3 Å². The number of fused-ring (bicyclic) bond motifs is 3. The summed E-state index contributed by atoms with van der Waals surface area (Å²) >= 11 is 0. The van der Waals surface area contributed by atoms with Crippen LogP contribution in [0.3, 0.4) is 0 Å². The van der Waals surface area contributed by atoms with E-state index in [1.54, 1.807) is 11.6 Å². The Kier molecular flexibility index (Phi) is 5.68. The topological polar surface area (TPSA) is 89.9 Å². The minimum Gasteiger partial charge on any atom is -0.491 e. The maximum absolute atomic E-state index is 13.9. The Morgan fingerprint density at radius 3 is 2.56 bits per heavy atom. The van der Waals surface area contributed by atoms with Crippen LogP contribution in [0, 0.1) is 17.5 Å². The van der Waals surface area contributed by atoms with E-state index in [0.29, 0.717) is 31.8 Å². The molecule has 1 aromatic carbocycles. The van der Waals surface area contributed by atoms with Crippen molar-refractivity contribution in [3.05, 3.63) is 62.8 Å². The average Bonchev–Trinajstić information content (AvgIpc) is 2.76. The maximum Gasteiger partial charge on any atom is 0.274 e. The molecule has 4 rings (SSSR count). The lowest BCUT2D eigenvalue weighted by atomic mass is 9.96. The Labute approximate surface area is 180 Å². The van der Waals surface area contributed by atoms with E-state index >= 15 is 0 Å². The van der Waals surface area contributed by atoms with Crippen molar-refractivity contribution < 1.29 is 32.2 Å². The van der Waals surface area contributed by atoms with Gasteiger partial charge in [-0.05, 0) is 6.42 Å². The number of carbonyl (C=O) groups is 2. The average molecular weight is 451 g/mol. The molecule has 0 bridgehead atoms. The number of hydrogen-bond donors (Lipinski definition) is 1. The van der Waals surface area contributed by atoms with Crippen molar-refractivity contribution >= 4 is 11.8 Å². The standard InChI is InChI=1S/C21H20F3N3O5/c1-26-16-9-32-4-3-15(16)27-8-12(18(28)19(31-2)17(27)21(26)30)20(29)25-7-11-13(23)5-10(22)6-14(11)24/h5-6,8,15-16H,3-4,7,9H2,1-2H3,(H,25,29)/t15-,16+/m0/s1. The van der Waals surface area contributed by atoms with E-state index in [9.17, 15) is 27.6 Å². The monoisotopic (exact) mass is 451 g/mol. The molecule has 2 aliphatic rings. The predicted molar refractivity (Wildman–Crippen MR) is 105 cm³/mol. The van der Waals surface area contributed by atoms with Crippen LogP contribution in [0.4, 0.5) is 13.2 Å². The number of aromatic nitrogens is 1. The number of methoxy groups -OCH3 is 1. The second-order valence-electron chi connectivity index (χ2n) is 7.61. The van der Waals surface area contributed by atoms with Crippen molar-refractivity contribution in [3.8, 4) is 5.75 Å². The Morgan fingerprint density at radius 1 is 1.22 bits per heavy atom. The van der Waals surface area contributed by atoms with Crippen molar-refractivity contribution in [2.75, 3.05) is 27.4 Å². The zero-order valence-electron chi connectivity index (χ0n) is 17.3. The number of hydrogen-bond acceptors (Lipinski definition) is 5. The minimum atomic E-state index is -1.17. The molecule has 32 heavy (non-hydrogen) atoms. The molecule has 2 atom stereocenters. The van der Waals surface area contributed by atoms with Gasteiger partial charge in [-0.25, -0.2) is 13.2 Å². The lowest BCUT2D eigenvalue weighted by Crippen LogP contribution is -2.54. The molecule has 3 heterocycles. The van der Waals surface area contributed by atoms with Crippen LogP contribution in [0.1, 0.15) is 38.9 Å². The van der Waals surface area contributed by atoms with Gasteiger partial charge in [0, 0.05) is 44.1 Å². The Hall–Kier alpha value is -3.34. The highest BCUT2D eigenvalue weighted by molar-refractivity contribution is 5.99. The minimum absolute atomic E-state index is 0.0234. The fraction of sp³-hybridized carbons (Fsp3) is 0.381. The van der Waals surface area contributed by atoms with Gasteiger partial charge >= 0.3 is 0 Å². The number of nitrogens with one attached hydrogen (secondary N) is 1. The summed E-state index contributed by atoms with van der Waals surface area (Å²) in [7, 11) is 2.82. The molecule has 0 unspecified atom stereocenters. The van der Waals surface area contributed by atoms with Crippen molar-refractivity contribution in [2.45, 2.75) is 25.0 Å². The first-order valence-electron chi connectivity index (χ1n) is 9.84. The number of likely N-dealkylation sites (N-methyl/N-ethyl adjacent to an activating group) is 1. The molecule has 170 valence electrons. The zero-order valence-corrected chi connectivity index (χ0v) is 17.3. The van der Waals surface area contributed by atoms with Crippen LogP contribution in [0.5, 0.6) is 5.75 Å². The van der Waals surface area contributed by atoms with Crippen molar-refractivity contribution in [1.82, 2.24) is 14.8 Å². The number of pyridine rings is 1. The molecular weight excluding hydrogens is 431 g/mol. The molecule has 2 aliphatic heterocycles. The number of carbonyl (C=O) groups excluding carboxylic acids is 2. The van der Waals surface area contributed by atoms with Gasteiger partial charge in [0.2, 0.25) is 5.43 Å². The first-order valence-corrected chi connectivity index (χ1v) is 9.84. The first kappa shape index (κ1) is 21.9. The molecule has 0 aliphatic carbocycles. The fourth-order valence-electron chi connectivity index (χ4n) is 4.16. The molecule has 0 spiro atoms. The predicted octanol–water partition coefficient (Wildman–Crippen LogP) is 1.62. The molecular formula is C21H20F3N3O5. The second-order valence-corrected chi connectivity index (χ2v) is 7.61. The highest BCUT2D eigenvalue weighted by atomic mass is 19.1. The van der Waals surface area contributed by atoms with Crippen LogP contribution in [0.25, 0.3) is 0 Å². The number of nitrogens with zero attached hydrogens (tertiary/aromatic N) is 2. The largest absolute Gasteiger partial charge is 0.491 e. The van der Waals surface area contributed by atoms with Gasteiger partial charge in [-0.3, -0.25) is 14.4 Å². The van der Waals surface area contributed by atoms with E-state index in [1.807, 2.05) is 0 Å². The summed E-state index contributed by atoms with van der Waals surface area (Å²) in [6.45, 7) is 0.120. The van der Waals surface area contributed by atoms with Crippen LogP contribution in [0.2, 0.25) is 0 Å². The zero-order chi connectivity index (χ0) is 23.2. The summed E-state index contributed by atoms with van der Waals surface area (Å²) in [4.78, 5) is 40.1. The van der Waals surface area contributed by atoms with Crippen LogP contribution < -0.4 is 15.5 Å². The second kappa shape index (κ2) is 8.30. The van der Waals surface area contributed by atoms with Gasteiger partial charge in [0.05, 0.1) is 25.8 Å². The summed E-state index contributed by atoms with van der Waals surface area (Å²) in [5, 5.41) is 2.28. The lowest BCUT2D eigenvalue weighted by molar-refractivity contribution is -0.0115. The van der Waals surface area contributed by atoms with E-state index in [2.05, 4.69) is 5.32 Å². The maximum atomic E-state index is 13.9. The molecule has 2 amide bonds. The first-order chi connectivity index (χ1) is 15.2. The molecule has 0 saturated carbocycles. The number of benzene rings is 1. The summed E-state index contributed by atoms with van der Waals surface area (Å²) in [5.74, 6) is -5.08. The van der Waals surface area contributed by atoms with Crippen molar-refractivity contribution in [2.24, 2.45) is 0 Å². The number of ether oxygens (including phenoxy) is 2. The summed E-state index contributed by atoms with van der Waals surface area (Å²) in [6, 6.07) is 0.438. The lowest BCUT2D eigenvalue weighted by Gasteiger charge is -2.44. The molecule has 1 N–H and O–H groups in total. The van der Waals surface area contributed by atoms with Gasteiger partial charge < -0.3 is 24.3 Å². The summed E-state index contributed by atoms with van der Waals surface area (Å²) in [5.41, 5.74) is -1.71. The van der Waals surface area contributed by atoms with Crippen molar-refractivity contribution in [3.63, 3.8) is 0 Å². The van der Waals surface area contributed by atoms with Crippen LogP contribution >= 0.6 is 0 Å². The van der Waals surface area contributed by atoms with E-state index < -0.39 is 46.8 Å². The molecule has 0 radical (unpaired) electrons. The molecule has 1 aromatic heterocycles. The highest BCUT2D eigenvalue weighted by Gasteiger charge is 2.42. The van der Waals surface area contributed by atoms with Gasteiger partial charge in [0.25, 0.3) is 11.8 Å². The van der Waals surface area contributed by atoms with E-state index in [4.69, 9.17) is 9.47 Å². The van der Waals surface area contributed by atoms with Gasteiger partial charge in [-0.2, -0.15) is 0 Å². The third kappa shape index (κ3) is 3.52.